The van der Waals surface area contributed by atoms with Gasteiger partial charge in [-0.25, -0.2) is 4.79 Å². The van der Waals surface area contributed by atoms with Gasteiger partial charge in [-0.15, -0.1) is 0 Å². The molecule has 4 heteroatoms. The predicted octanol–water partition coefficient (Wildman–Crippen LogP) is 0.711. The molecule has 1 aliphatic rings. The van der Waals surface area contributed by atoms with Crippen LogP contribution in [-0.2, 0) is 0 Å². The van der Waals surface area contributed by atoms with Crippen LogP contribution in [0.4, 0.5) is 4.79 Å². The molecule has 1 fully saturated rings. The number of amides is 2. The van der Waals surface area contributed by atoms with Gasteiger partial charge in [0.1, 0.15) is 0 Å². The van der Waals surface area contributed by atoms with E-state index in [2.05, 4.69) is 10.3 Å². The molecular weight excluding hydrogens is 154 g/mol. The molecule has 12 heavy (non-hydrogen) atoms. The number of carbonyl (C=O) groups is 1. The van der Waals surface area contributed by atoms with Gasteiger partial charge in [-0.3, -0.25) is 0 Å². The van der Waals surface area contributed by atoms with Crippen LogP contribution >= 0.6 is 0 Å². The summed E-state index contributed by atoms with van der Waals surface area (Å²) in [5, 5.41) is 2.86. The summed E-state index contributed by atoms with van der Waals surface area (Å²) >= 11 is 0. The normalized spacial score (nSPS) is 22.9. The highest BCUT2D eigenvalue weighted by atomic mass is 16.2. The highest BCUT2D eigenvalue weighted by molar-refractivity contribution is 5.76. The first-order valence-electron chi connectivity index (χ1n) is 3.92. The first-order valence-corrected chi connectivity index (χ1v) is 3.92. The van der Waals surface area contributed by atoms with Crippen molar-refractivity contribution in [2.75, 3.05) is 13.6 Å². The third-order valence-corrected chi connectivity index (χ3v) is 2.10. The topological polar surface area (TPSA) is 48.1 Å². The third-order valence-electron chi connectivity index (χ3n) is 2.10. The summed E-state index contributed by atoms with van der Waals surface area (Å²) in [6.07, 6.45) is 1.86. The van der Waals surface area contributed by atoms with Gasteiger partial charge < -0.3 is 15.2 Å². The highest BCUT2D eigenvalue weighted by Crippen LogP contribution is 2.16. The van der Waals surface area contributed by atoms with Gasteiger partial charge in [0.05, 0.1) is 6.04 Å². The van der Waals surface area contributed by atoms with Crippen molar-refractivity contribution in [3.8, 4) is 0 Å². The van der Waals surface area contributed by atoms with E-state index in [1.165, 1.54) is 0 Å². The van der Waals surface area contributed by atoms with Crippen molar-refractivity contribution in [1.82, 2.24) is 15.2 Å². The average Bonchev–Trinajstić information content (AvgIpc) is 2.61. The number of hydrogen-bond acceptors (Lipinski definition) is 1. The molecule has 64 valence electrons. The van der Waals surface area contributed by atoms with Crippen molar-refractivity contribution in [2.24, 2.45) is 0 Å². The van der Waals surface area contributed by atoms with E-state index in [0.29, 0.717) is 0 Å². The molecule has 2 N–H and O–H groups in total. The minimum atomic E-state index is -0.00500. The molecule has 4 nitrogen and oxygen atoms in total. The summed E-state index contributed by atoms with van der Waals surface area (Å²) < 4.78 is 0. The second-order valence-corrected chi connectivity index (χ2v) is 3.01. The zero-order valence-electron chi connectivity index (χ0n) is 6.87. The number of nitrogens with zero attached hydrogens (tertiary/aromatic N) is 1. The summed E-state index contributed by atoms with van der Waals surface area (Å²) in [4.78, 5) is 15.8. The number of H-pyrrole nitrogens is 1. The Labute approximate surface area is 70.6 Å². The van der Waals surface area contributed by atoms with Crippen LogP contribution in [0.5, 0.6) is 0 Å². The van der Waals surface area contributed by atoms with E-state index in [4.69, 9.17) is 0 Å². The van der Waals surface area contributed by atoms with Crippen LogP contribution in [0, 0.1) is 0 Å². The molecule has 0 aliphatic carbocycles. The Morgan fingerprint density at radius 3 is 3.00 bits per heavy atom. The maximum atomic E-state index is 11.1. The van der Waals surface area contributed by atoms with Crippen molar-refractivity contribution in [3.63, 3.8) is 0 Å². The fourth-order valence-electron chi connectivity index (χ4n) is 1.40. The van der Waals surface area contributed by atoms with Crippen LogP contribution < -0.4 is 5.32 Å². The van der Waals surface area contributed by atoms with E-state index < -0.39 is 0 Å². The van der Waals surface area contributed by atoms with Crippen LogP contribution in [0.1, 0.15) is 11.7 Å². The smallest absolute Gasteiger partial charge is 0.317 e. The van der Waals surface area contributed by atoms with E-state index in [9.17, 15) is 4.79 Å². The van der Waals surface area contributed by atoms with Gasteiger partial charge in [0.25, 0.3) is 0 Å². The molecule has 1 aromatic rings. The van der Waals surface area contributed by atoms with Gasteiger partial charge in [0, 0.05) is 25.5 Å². The number of urea groups is 1. The second kappa shape index (κ2) is 2.55. The molecule has 0 saturated carbocycles. The lowest BCUT2D eigenvalue weighted by Gasteiger charge is -2.06. The van der Waals surface area contributed by atoms with Crippen molar-refractivity contribution >= 4 is 6.03 Å². The molecule has 0 bridgehead atoms. The van der Waals surface area contributed by atoms with Gasteiger partial charge in [-0.05, 0) is 12.1 Å². The largest absolute Gasteiger partial charge is 0.363 e. The van der Waals surface area contributed by atoms with E-state index >= 15 is 0 Å². The van der Waals surface area contributed by atoms with Crippen LogP contribution in [0.25, 0.3) is 0 Å². The monoisotopic (exact) mass is 165 g/mol. The average molecular weight is 165 g/mol. The minimum Gasteiger partial charge on any atom is -0.363 e. The summed E-state index contributed by atoms with van der Waals surface area (Å²) in [6.45, 7) is 0.735. The maximum absolute atomic E-state index is 11.1. The maximum Gasteiger partial charge on any atom is 0.317 e. The van der Waals surface area contributed by atoms with E-state index in [1.54, 1.807) is 11.9 Å². The van der Waals surface area contributed by atoms with Crippen LogP contribution in [0.2, 0.25) is 0 Å². The fraction of sp³-hybridized carbons (Fsp3) is 0.375. The molecule has 2 amide bonds. The number of hydrogen-bond donors (Lipinski definition) is 2. The van der Waals surface area contributed by atoms with E-state index in [1.807, 2.05) is 18.3 Å². The number of aromatic amines is 1. The van der Waals surface area contributed by atoms with Crippen molar-refractivity contribution < 1.29 is 4.79 Å². The quantitative estimate of drug-likeness (QED) is 0.632. The minimum absolute atomic E-state index is 0.00500. The Morgan fingerprint density at radius 1 is 1.67 bits per heavy atom. The second-order valence-electron chi connectivity index (χ2n) is 3.01. The summed E-state index contributed by atoms with van der Waals surface area (Å²) in [5.74, 6) is 0. The Bertz CT molecular complexity index is 281. The first kappa shape index (κ1) is 7.21. The number of rotatable bonds is 1. The van der Waals surface area contributed by atoms with Crippen LogP contribution in [0.3, 0.4) is 0 Å². The van der Waals surface area contributed by atoms with Gasteiger partial charge in [-0.2, -0.15) is 0 Å². The Balaban J connectivity index is 2.14. The van der Waals surface area contributed by atoms with Gasteiger partial charge >= 0.3 is 6.03 Å². The van der Waals surface area contributed by atoms with Gasteiger partial charge in [0.2, 0.25) is 0 Å². The Kier molecular flexibility index (Phi) is 1.53. The molecule has 0 spiro atoms. The molecule has 2 rings (SSSR count). The standard InChI is InChI=1S/C8H11N3O/c1-11-5-7(10-8(11)12)6-3-2-4-9-6/h2-4,7,9H,5H2,1H3,(H,10,12). The number of likely N-dealkylation sites (N-methyl/N-ethyl adjacent to an activating group) is 1. The third kappa shape index (κ3) is 1.05. The lowest BCUT2D eigenvalue weighted by molar-refractivity contribution is 0.226. The van der Waals surface area contributed by atoms with E-state index in [-0.39, 0.29) is 12.1 Å². The van der Waals surface area contributed by atoms with Crippen molar-refractivity contribution in [3.05, 3.63) is 24.0 Å². The molecule has 1 unspecified atom stereocenters. The summed E-state index contributed by atoms with van der Waals surface area (Å²) in [5.41, 5.74) is 1.06. The number of nitrogens with one attached hydrogen (secondary N) is 2. The lowest BCUT2D eigenvalue weighted by atomic mass is 10.2. The molecule has 2 heterocycles. The summed E-state index contributed by atoms with van der Waals surface area (Å²) in [6, 6.07) is 4.02. The predicted molar refractivity (Wildman–Crippen MR) is 44.7 cm³/mol. The molecule has 0 radical (unpaired) electrons. The molecule has 1 saturated heterocycles. The number of carbonyl (C=O) groups excluding carboxylic acids is 1. The molecule has 0 aromatic carbocycles. The van der Waals surface area contributed by atoms with Gasteiger partial charge in [0.15, 0.2) is 0 Å². The molecule has 1 aliphatic heterocycles. The molecule has 1 atom stereocenters. The van der Waals surface area contributed by atoms with Crippen molar-refractivity contribution in [1.29, 1.82) is 0 Å². The summed E-state index contributed by atoms with van der Waals surface area (Å²) in [7, 11) is 1.79. The van der Waals surface area contributed by atoms with Crippen molar-refractivity contribution in [2.45, 2.75) is 6.04 Å². The van der Waals surface area contributed by atoms with E-state index in [0.717, 1.165) is 12.2 Å². The number of aromatic nitrogens is 1. The fourth-order valence-corrected chi connectivity index (χ4v) is 1.40. The lowest BCUT2D eigenvalue weighted by Crippen LogP contribution is -2.23. The highest BCUT2D eigenvalue weighted by Gasteiger charge is 2.26. The van der Waals surface area contributed by atoms with Crippen LogP contribution in [-0.4, -0.2) is 29.5 Å². The zero-order valence-corrected chi connectivity index (χ0v) is 6.87. The zero-order chi connectivity index (χ0) is 8.55. The Morgan fingerprint density at radius 2 is 2.50 bits per heavy atom. The molecule has 1 aromatic heterocycles. The SMILES string of the molecule is CN1CC(c2ccc[nH]2)NC1=O. The first-order chi connectivity index (χ1) is 5.77. The van der Waals surface area contributed by atoms with Gasteiger partial charge in [-0.1, -0.05) is 0 Å². The Hall–Kier alpha value is -1.45. The van der Waals surface area contributed by atoms with Crippen LogP contribution in [0.15, 0.2) is 18.3 Å². The molecular formula is C8H11N3O.